The number of ketones is 1. The van der Waals surface area contributed by atoms with Crippen molar-refractivity contribution in [2.75, 3.05) is 0 Å². The van der Waals surface area contributed by atoms with E-state index >= 15 is 0 Å². The lowest BCUT2D eigenvalue weighted by atomic mass is 9.94. The molecule has 0 N–H and O–H groups in total. The summed E-state index contributed by atoms with van der Waals surface area (Å²) in [6.07, 6.45) is 4.14. The van der Waals surface area contributed by atoms with Crippen LogP contribution in [-0.2, 0) is 19.3 Å². The number of carbonyl (C=O) groups is 1. The summed E-state index contributed by atoms with van der Waals surface area (Å²) in [5.74, 6) is 0.853. The molecule has 0 unspecified atom stereocenters. The normalized spacial score (nSPS) is 10.7. The molecule has 0 atom stereocenters. The van der Waals surface area contributed by atoms with Crippen molar-refractivity contribution in [2.24, 2.45) is 0 Å². The van der Waals surface area contributed by atoms with Gasteiger partial charge in [0.1, 0.15) is 5.76 Å². The first-order chi connectivity index (χ1) is 9.21. The molecule has 2 rings (SSSR count). The Labute approximate surface area is 114 Å². The lowest BCUT2D eigenvalue weighted by Crippen LogP contribution is -2.07. The highest BCUT2D eigenvalue weighted by Crippen LogP contribution is 2.21. The van der Waals surface area contributed by atoms with Crippen LogP contribution in [0.15, 0.2) is 34.9 Å². The van der Waals surface area contributed by atoms with E-state index in [1.807, 2.05) is 13.0 Å². The lowest BCUT2D eigenvalue weighted by Gasteiger charge is -2.09. The van der Waals surface area contributed by atoms with Crippen LogP contribution < -0.4 is 0 Å². The summed E-state index contributed by atoms with van der Waals surface area (Å²) in [7, 11) is 0. The van der Waals surface area contributed by atoms with Crippen LogP contribution in [0.2, 0.25) is 0 Å². The van der Waals surface area contributed by atoms with Crippen molar-refractivity contribution < 1.29 is 9.21 Å². The van der Waals surface area contributed by atoms with Crippen molar-refractivity contribution in [3.05, 3.63) is 58.5 Å². The Morgan fingerprint density at radius 1 is 1.00 bits per heavy atom. The maximum atomic E-state index is 12.7. The van der Waals surface area contributed by atoms with Crippen molar-refractivity contribution >= 4 is 5.78 Å². The average Bonchev–Trinajstić information content (AvgIpc) is 2.94. The fourth-order valence-electron chi connectivity index (χ4n) is 2.33. The maximum absolute atomic E-state index is 12.7. The molecular formula is C17H20O2. The zero-order valence-electron chi connectivity index (χ0n) is 11.8. The predicted octanol–water partition coefficient (Wildman–Crippen LogP) is 4.20. The first-order valence-corrected chi connectivity index (χ1v) is 6.94. The highest BCUT2D eigenvalue weighted by molar-refractivity contribution is 6.10. The molecule has 0 saturated heterocycles. The highest BCUT2D eigenvalue weighted by atomic mass is 16.3. The number of rotatable bonds is 5. The van der Waals surface area contributed by atoms with E-state index in [0.717, 1.165) is 36.1 Å². The molecular weight excluding hydrogens is 236 g/mol. The number of hydrogen-bond acceptors (Lipinski definition) is 2. The van der Waals surface area contributed by atoms with Crippen molar-refractivity contribution in [1.29, 1.82) is 0 Å². The molecule has 0 aliphatic rings. The summed E-state index contributed by atoms with van der Waals surface area (Å²) in [5.41, 5.74) is 3.82. The van der Waals surface area contributed by atoms with Crippen molar-refractivity contribution in [3.8, 4) is 0 Å². The van der Waals surface area contributed by atoms with Crippen LogP contribution >= 0.6 is 0 Å². The minimum Gasteiger partial charge on any atom is -0.469 e. The summed E-state index contributed by atoms with van der Waals surface area (Å²) in [6.45, 7) is 6.18. The fourth-order valence-corrected chi connectivity index (χ4v) is 2.33. The van der Waals surface area contributed by atoms with Gasteiger partial charge in [0.2, 0.25) is 0 Å². The molecule has 2 heteroatoms. The Balaban J connectivity index is 2.48. The lowest BCUT2D eigenvalue weighted by molar-refractivity contribution is 0.103. The van der Waals surface area contributed by atoms with E-state index in [1.54, 1.807) is 12.3 Å². The Bertz CT molecular complexity index is 579. The molecule has 2 aromatic rings. The molecule has 0 spiro atoms. The van der Waals surface area contributed by atoms with Gasteiger partial charge < -0.3 is 4.42 Å². The van der Waals surface area contributed by atoms with Crippen molar-refractivity contribution in [3.63, 3.8) is 0 Å². The molecule has 1 heterocycles. The zero-order valence-corrected chi connectivity index (χ0v) is 11.8. The second kappa shape index (κ2) is 5.87. The summed E-state index contributed by atoms with van der Waals surface area (Å²) in [5, 5.41) is 0. The van der Waals surface area contributed by atoms with Crippen LogP contribution in [0.4, 0.5) is 0 Å². The van der Waals surface area contributed by atoms with E-state index < -0.39 is 0 Å². The minimum absolute atomic E-state index is 0.0813. The topological polar surface area (TPSA) is 30.2 Å². The van der Waals surface area contributed by atoms with Gasteiger partial charge in [-0.25, -0.2) is 0 Å². The Morgan fingerprint density at radius 2 is 1.79 bits per heavy atom. The standard InChI is InChI=1S/C17H20O2/c1-4-12-7-8-13(5-2)15(11-12)17(18)14-9-10-19-16(14)6-3/h7-11H,4-6H2,1-3H3. The molecule has 1 aromatic carbocycles. The van der Waals surface area contributed by atoms with Crippen LogP contribution in [0.1, 0.15) is 53.6 Å². The molecule has 100 valence electrons. The number of furan rings is 1. The summed E-state index contributed by atoms with van der Waals surface area (Å²) < 4.78 is 5.37. The van der Waals surface area contributed by atoms with Gasteiger partial charge in [-0.1, -0.05) is 32.9 Å². The van der Waals surface area contributed by atoms with Gasteiger partial charge in [0.25, 0.3) is 0 Å². The van der Waals surface area contributed by atoms with Crippen LogP contribution in [-0.4, -0.2) is 5.78 Å². The van der Waals surface area contributed by atoms with Gasteiger partial charge in [0.15, 0.2) is 5.78 Å². The molecule has 0 aliphatic carbocycles. The second-order valence-electron chi connectivity index (χ2n) is 4.64. The van der Waals surface area contributed by atoms with Gasteiger partial charge in [0.05, 0.1) is 11.8 Å². The highest BCUT2D eigenvalue weighted by Gasteiger charge is 2.18. The quantitative estimate of drug-likeness (QED) is 0.750. The van der Waals surface area contributed by atoms with Crippen LogP contribution in [0, 0.1) is 0 Å². The largest absolute Gasteiger partial charge is 0.469 e. The SMILES string of the molecule is CCc1ccc(CC)c(C(=O)c2ccoc2CC)c1. The molecule has 0 saturated carbocycles. The van der Waals surface area contributed by atoms with Gasteiger partial charge in [-0.3, -0.25) is 4.79 Å². The predicted molar refractivity (Wildman–Crippen MR) is 76.7 cm³/mol. The maximum Gasteiger partial charge on any atom is 0.196 e. The van der Waals surface area contributed by atoms with Gasteiger partial charge in [-0.15, -0.1) is 0 Å². The monoisotopic (exact) mass is 256 g/mol. The van der Waals surface area contributed by atoms with Gasteiger partial charge in [-0.05, 0) is 36.1 Å². The van der Waals surface area contributed by atoms with E-state index in [-0.39, 0.29) is 5.78 Å². The van der Waals surface area contributed by atoms with Crippen LogP contribution in [0.3, 0.4) is 0 Å². The molecule has 0 bridgehead atoms. The first-order valence-electron chi connectivity index (χ1n) is 6.94. The molecule has 1 aromatic heterocycles. The Morgan fingerprint density at radius 3 is 2.42 bits per heavy atom. The molecule has 0 amide bonds. The van der Waals surface area contributed by atoms with Gasteiger partial charge in [-0.2, -0.15) is 0 Å². The summed E-state index contributed by atoms with van der Waals surface area (Å²) in [6, 6.07) is 7.97. The van der Waals surface area contributed by atoms with E-state index in [0.29, 0.717) is 5.56 Å². The van der Waals surface area contributed by atoms with E-state index in [9.17, 15) is 4.79 Å². The molecule has 0 fully saturated rings. The van der Waals surface area contributed by atoms with Gasteiger partial charge in [0, 0.05) is 12.0 Å². The smallest absolute Gasteiger partial charge is 0.196 e. The third-order valence-corrected chi connectivity index (χ3v) is 3.52. The van der Waals surface area contributed by atoms with Crippen molar-refractivity contribution in [1.82, 2.24) is 0 Å². The Hall–Kier alpha value is -1.83. The number of hydrogen-bond donors (Lipinski definition) is 0. The van der Waals surface area contributed by atoms with Crippen LogP contribution in [0.25, 0.3) is 0 Å². The molecule has 0 radical (unpaired) electrons. The third kappa shape index (κ3) is 2.62. The van der Waals surface area contributed by atoms with Gasteiger partial charge >= 0.3 is 0 Å². The molecule has 2 nitrogen and oxygen atoms in total. The zero-order chi connectivity index (χ0) is 13.8. The van der Waals surface area contributed by atoms with Crippen LogP contribution in [0.5, 0.6) is 0 Å². The van der Waals surface area contributed by atoms with Crippen molar-refractivity contribution in [2.45, 2.75) is 40.0 Å². The number of benzene rings is 1. The van der Waals surface area contributed by atoms with E-state index in [1.165, 1.54) is 5.56 Å². The van der Waals surface area contributed by atoms with E-state index in [4.69, 9.17) is 4.42 Å². The number of aryl methyl sites for hydroxylation is 3. The summed E-state index contributed by atoms with van der Waals surface area (Å²) >= 11 is 0. The Kier molecular flexibility index (Phi) is 4.20. The average molecular weight is 256 g/mol. The minimum atomic E-state index is 0.0813. The third-order valence-electron chi connectivity index (χ3n) is 3.52. The number of carbonyl (C=O) groups excluding carboxylic acids is 1. The summed E-state index contributed by atoms with van der Waals surface area (Å²) in [4.78, 5) is 12.7. The molecule has 0 aliphatic heterocycles. The molecule has 19 heavy (non-hydrogen) atoms. The van der Waals surface area contributed by atoms with E-state index in [2.05, 4.69) is 26.0 Å². The second-order valence-corrected chi connectivity index (χ2v) is 4.64. The first kappa shape index (κ1) is 13.6. The fraction of sp³-hybridized carbons (Fsp3) is 0.353.